The number of aromatic hydroxyl groups is 1. The number of carbonyl (C=O) groups is 1. The third-order valence-electron chi connectivity index (χ3n) is 3.92. The fraction of sp³-hybridized carbons (Fsp3) is 0.105. The van der Waals surface area contributed by atoms with Crippen LogP contribution in [0.5, 0.6) is 5.75 Å². The molecule has 0 aliphatic heterocycles. The normalized spacial score (nSPS) is 10.6. The van der Waals surface area contributed by atoms with Crippen molar-refractivity contribution in [2.24, 2.45) is 0 Å². The Hall–Kier alpha value is -2.81. The number of rotatable bonds is 2. The van der Waals surface area contributed by atoms with Crippen molar-refractivity contribution >= 4 is 22.4 Å². The lowest BCUT2D eigenvalue weighted by Gasteiger charge is -2.10. The third-order valence-corrected chi connectivity index (χ3v) is 3.92. The van der Waals surface area contributed by atoms with Crippen LogP contribution in [-0.4, -0.2) is 11.0 Å². The molecule has 3 aromatic carbocycles. The molecule has 0 bridgehead atoms. The molecule has 0 fully saturated rings. The van der Waals surface area contributed by atoms with E-state index < -0.39 is 0 Å². The Morgan fingerprint density at radius 3 is 2.55 bits per heavy atom. The molecule has 0 atom stereocenters. The molecule has 3 aromatic rings. The molecule has 0 aromatic heterocycles. The lowest BCUT2D eigenvalue weighted by Crippen LogP contribution is -2.12. The maximum atomic E-state index is 12.4. The summed E-state index contributed by atoms with van der Waals surface area (Å²) in [5.74, 6) is 0.131. The van der Waals surface area contributed by atoms with Gasteiger partial charge in [-0.2, -0.15) is 0 Å². The summed E-state index contributed by atoms with van der Waals surface area (Å²) in [5, 5.41) is 14.6. The van der Waals surface area contributed by atoms with E-state index in [1.165, 1.54) is 0 Å². The van der Waals surface area contributed by atoms with Crippen LogP contribution in [0.4, 0.5) is 5.69 Å². The first-order valence-electron chi connectivity index (χ1n) is 7.15. The number of hydrogen-bond donors (Lipinski definition) is 2. The highest BCUT2D eigenvalue weighted by Crippen LogP contribution is 2.27. The van der Waals surface area contributed by atoms with Crippen molar-refractivity contribution < 1.29 is 9.90 Å². The van der Waals surface area contributed by atoms with Crippen molar-refractivity contribution in [3.63, 3.8) is 0 Å². The van der Waals surface area contributed by atoms with Gasteiger partial charge in [-0.15, -0.1) is 0 Å². The van der Waals surface area contributed by atoms with E-state index in [1.54, 1.807) is 12.1 Å². The molecule has 22 heavy (non-hydrogen) atoms. The number of fused-ring (bicyclic) bond motifs is 1. The monoisotopic (exact) mass is 291 g/mol. The number of phenols is 1. The summed E-state index contributed by atoms with van der Waals surface area (Å²) in [4.78, 5) is 12.4. The first kappa shape index (κ1) is 14.1. The highest BCUT2D eigenvalue weighted by molar-refractivity contribution is 6.07. The molecule has 0 spiro atoms. The van der Waals surface area contributed by atoms with E-state index in [0.717, 1.165) is 27.6 Å². The van der Waals surface area contributed by atoms with Crippen LogP contribution < -0.4 is 5.32 Å². The SMILES string of the molecule is Cc1ccccc1NC(=O)c1ccc2c(C)c(O)ccc2c1. The zero-order valence-corrected chi connectivity index (χ0v) is 12.6. The van der Waals surface area contributed by atoms with E-state index >= 15 is 0 Å². The summed E-state index contributed by atoms with van der Waals surface area (Å²) in [6.45, 7) is 3.83. The lowest BCUT2D eigenvalue weighted by atomic mass is 10.0. The fourth-order valence-electron chi connectivity index (χ4n) is 2.52. The average Bonchev–Trinajstić information content (AvgIpc) is 2.53. The third kappa shape index (κ3) is 2.53. The van der Waals surface area contributed by atoms with Crippen molar-refractivity contribution in [1.29, 1.82) is 0 Å². The molecular weight excluding hydrogens is 274 g/mol. The zero-order valence-electron chi connectivity index (χ0n) is 12.6. The van der Waals surface area contributed by atoms with Gasteiger partial charge in [0.25, 0.3) is 5.91 Å². The maximum Gasteiger partial charge on any atom is 0.255 e. The van der Waals surface area contributed by atoms with Crippen LogP contribution in [-0.2, 0) is 0 Å². The summed E-state index contributed by atoms with van der Waals surface area (Å²) >= 11 is 0. The molecule has 0 radical (unpaired) electrons. The number of para-hydroxylation sites is 1. The minimum absolute atomic E-state index is 0.137. The molecule has 0 heterocycles. The van der Waals surface area contributed by atoms with E-state index in [9.17, 15) is 9.90 Å². The first-order valence-corrected chi connectivity index (χ1v) is 7.15. The van der Waals surface area contributed by atoms with E-state index in [2.05, 4.69) is 5.32 Å². The highest BCUT2D eigenvalue weighted by atomic mass is 16.3. The van der Waals surface area contributed by atoms with E-state index in [1.807, 2.05) is 56.3 Å². The number of anilines is 1. The van der Waals surface area contributed by atoms with Gasteiger partial charge < -0.3 is 10.4 Å². The quantitative estimate of drug-likeness (QED) is 0.734. The summed E-state index contributed by atoms with van der Waals surface area (Å²) < 4.78 is 0. The van der Waals surface area contributed by atoms with Crippen LogP contribution in [0.2, 0.25) is 0 Å². The predicted molar refractivity (Wildman–Crippen MR) is 89.5 cm³/mol. The standard InChI is InChI=1S/C19H17NO2/c1-12-5-3-4-6-17(12)20-19(22)15-7-9-16-13(2)18(21)10-8-14(16)11-15/h3-11,21H,1-2H3,(H,20,22). The summed E-state index contributed by atoms with van der Waals surface area (Å²) in [7, 11) is 0. The molecule has 0 aliphatic rings. The second kappa shape index (κ2) is 5.53. The van der Waals surface area contributed by atoms with Gasteiger partial charge in [0, 0.05) is 11.3 Å². The summed E-state index contributed by atoms with van der Waals surface area (Å²) in [6, 6.07) is 16.7. The largest absolute Gasteiger partial charge is 0.508 e. The van der Waals surface area contributed by atoms with Gasteiger partial charge in [0.05, 0.1) is 0 Å². The number of hydrogen-bond acceptors (Lipinski definition) is 2. The Kier molecular flexibility index (Phi) is 3.55. The van der Waals surface area contributed by atoms with Gasteiger partial charge in [0.15, 0.2) is 0 Å². The van der Waals surface area contributed by atoms with E-state index in [-0.39, 0.29) is 11.7 Å². The number of benzene rings is 3. The minimum Gasteiger partial charge on any atom is -0.508 e. The Morgan fingerprint density at radius 1 is 1.00 bits per heavy atom. The lowest BCUT2D eigenvalue weighted by molar-refractivity contribution is 0.102. The molecule has 1 amide bonds. The molecule has 3 heteroatoms. The van der Waals surface area contributed by atoms with Gasteiger partial charge in [-0.05, 0) is 60.0 Å². The Balaban J connectivity index is 1.95. The fourth-order valence-corrected chi connectivity index (χ4v) is 2.52. The average molecular weight is 291 g/mol. The van der Waals surface area contributed by atoms with Crippen LogP contribution >= 0.6 is 0 Å². The maximum absolute atomic E-state index is 12.4. The van der Waals surface area contributed by atoms with Crippen LogP contribution in [0.1, 0.15) is 21.5 Å². The van der Waals surface area contributed by atoms with Crippen molar-refractivity contribution in [2.75, 3.05) is 5.32 Å². The molecular formula is C19H17NO2. The van der Waals surface area contributed by atoms with Crippen LogP contribution in [0.3, 0.4) is 0 Å². The van der Waals surface area contributed by atoms with Crippen molar-refractivity contribution in [2.45, 2.75) is 13.8 Å². The van der Waals surface area contributed by atoms with Crippen molar-refractivity contribution in [1.82, 2.24) is 0 Å². The molecule has 0 saturated carbocycles. The molecule has 110 valence electrons. The van der Waals surface area contributed by atoms with Crippen molar-refractivity contribution in [3.05, 3.63) is 71.3 Å². The Bertz CT molecular complexity index is 868. The molecule has 0 unspecified atom stereocenters. The zero-order chi connectivity index (χ0) is 15.7. The molecule has 3 rings (SSSR count). The second-order valence-electron chi connectivity index (χ2n) is 5.41. The Morgan fingerprint density at radius 2 is 1.77 bits per heavy atom. The second-order valence-corrected chi connectivity index (χ2v) is 5.41. The van der Waals surface area contributed by atoms with Crippen LogP contribution in [0.25, 0.3) is 10.8 Å². The van der Waals surface area contributed by atoms with Gasteiger partial charge in [-0.25, -0.2) is 0 Å². The number of carbonyl (C=O) groups excluding carboxylic acids is 1. The topological polar surface area (TPSA) is 49.3 Å². The highest BCUT2D eigenvalue weighted by Gasteiger charge is 2.10. The van der Waals surface area contributed by atoms with Crippen molar-refractivity contribution in [3.8, 4) is 5.75 Å². The number of aryl methyl sites for hydroxylation is 2. The predicted octanol–water partition coefficient (Wildman–Crippen LogP) is 4.41. The van der Waals surface area contributed by atoms with Gasteiger partial charge in [-0.3, -0.25) is 4.79 Å². The molecule has 2 N–H and O–H groups in total. The van der Waals surface area contributed by atoms with E-state index in [0.29, 0.717) is 5.56 Å². The van der Waals surface area contributed by atoms with Crippen LogP contribution in [0, 0.1) is 13.8 Å². The van der Waals surface area contributed by atoms with Gasteiger partial charge >= 0.3 is 0 Å². The van der Waals surface area contributed by atoms with E-state index in [4.69, 9.17) is 0 Å². The number of amides is 1. The molecule has 0 aliphatic carbocycles. The van der Waals surface area contributed by atoms with Gasteiger partial charge in [0.1, 0.15) is 5.75 Å². The molecule has 3 nitrogen and oxygen atoms in total. The first-order chi connectivity index (χ1) is 10.6. The van der Waals surface area contributed by atoms with Crippen LogP contribution in [0.15, 0.2) is 54.6 Å². The smallest absolute Gasteiger partial charge is 0.255 e. The number of nitrogens with one attached hydrogen (secondary N) is 1. The van der Waals surface area contributed by atoms with Gasteiger partial charge in [0.2, 0.25) is 0 Å². The molecule has 0 saturated heterocycles. The summed E-state index contributed by atoms with van der Waals surface area (Å²) in [6.07, 6.45) is 0. The summed E-state index contributed by atoms with van der Waals surface area (Å²) in [5.41, 5.74) is 3.26. The Labute approximate surface area is 129 Å². The minimum atomic E-state index is -0.137. The van der Waals surface area contributed by atoms with Gasteiger partial charge in [-0.1, -0.05) is 30.3 Å². The number of phenolic OH excluding ortho intramolecular Hbond substituents is 1.